The number of hydrogen-bond acceptors (Lipinski definition) is 6. The lowest BCUT2D eigenvalue weighted by Crippen LogP contribution is -2.27. The first-order valence-corrected chi connectivity index (χ1v) is 11.1. The van der Waals surface area contributed by atoms with E-state index >= 15 is 0 Å². The molecule has 3 rings (SSSR count). The van der Waals surface area contributed by atoms with Crippen molar-refractivity contribution < 1.29 is 28.2 Å². The number of pyridine rings is 1. The fourth-order valence-corrected chi connectivity index (χ4v) is 4.10. The number of thiocarbonyl (C=S) groups is 1. The number of hydrogen-bond donors (Lipinski definition) is 1. The Labute approximate surface area is 202 Å². The second-order valence-electron chi connectivity index (χ2n) is 7.96. The van der Waals surface area contributed by atoms with Crippen LogP contribution in [0.2, 0.25) is 0 Å². The maximum absolute atomic E-state index is 13.5. The predicted octanol–water partition coefficient (Wildman–Crippen LogP) is 5.58. The fraction of sp³-hybridized carbons (Fsp3) is 0.269. The van der Waals surface area contributed by atoms with Gasteiger partial charge >= 0.3 is 5.97 Å². The molecule has 5 nitrogen and oxygen atoms in total. The molecule has 1 aromatic heterocycles. The van der Waals surface area contributed by atoms with Gasteiger partial charge in [0.05, 0.1) is 13.0 Å². The van der Waals surface area contributed by atoms with Crippen molar-refractivity contribution in [1.29, 1.82) is 0 Å². The van der Waals surface area contributed by atoms with Crippen LogP contribution in [0.15, 0.2) is 60.8 Å². The summed E-state index contributed by atoms with van der Waals surface area (Å²) in [5.41, 5.74) is 1.63. The van der Waals surface area contributed by atoms with Crippen LogP contribution in [0.4, 0.5) is 8.78 Å². The standard InChI is InChI=1S/C26H25F2NO4S/c1-15(14-22(34)24-25(30)21(32-3)12-13-29-24)26(31)33-16(2)23(17-4-8-19(27)9-5-17)18-6-10-20(28)11-7-18/h4-13,15-16,23,30H,14H2,1-3H3/t15-,16-/m1/s1. The van der Waals surface area contributed by atoms with Gasteiger partial charge in [-0.15, -0.1) is 0 Å². The molecule has 178 valence electrons. The number of carbonyl (C=O) groups excluding carboxylic acids is 1. The minimum absolute atomic E-state index is 0.131. The van der Waals surface area contributed by atoms with E-state index in [1.807, 2.05) is 0 Å². The summed E-state index contributed by atoms with van der Waals surface area (Å²) >= 11 is 5.40. The van der Waals surface area contributed by atoms with Gasteiger partial charge < -0.3 is 14.6 Å². The summed E-state index contributed by atoms with van der Waals surface area (Å²) in [4.78, 5) is 17.3. The van der Waals surface area contributed by atoms with E-state index in [1.165, 1.54) is 43.6 Å². The maximum Gasteiger partial charge on any atom is 0.309 e. The Bertz CT molecular complexity index is 1110. The van der Waals surface area contributed by atoms with Crippen LogP contribution in [0.5, 0.6) is 11.5 Å². The van der Waals surface area contributed by atoms with Crippen molar-refractivity contribution >= 4 is 23.1 Å². The molecule has 0 radical (unpaired) electrons. The Balaban J connectivity index is 1.76. The highest BCUT2D eigenvalue weighted by Gasteiger charge is 2.28. The van der Waals surface area contributed by atoms with Gasteiger partial charge in [-0.1, -0.05) is 43.4 Å². The summed E-state index contributed by atoms with van der Waals surface area (Å²) < 4.78 is 37.8. The largest absolute Gasteiger partial charge is 0.503 e. The van der Waals surface area contributed by atoms with Gasteiger partial charge in [-0.3, -0.25) is 9.78 Å². The molecule has 0 spiro atoms. The van der Waals surface area contributed by atoms with Crippen LogP contribution in [0.1, 0.15) is 43.0 Å². The van der Waals surface area contributed by atoms with Crippen LogP contribution < -0.4 is 4.74 Å². The number of nitrogens with zero attached hydrogens (tertiary/aromatic N) is 1. The molecule has 0 amide bonds. The van der Waals surface area contributed by atoms with Gasteiger partial charge in [-0.25, -0.2) is 8.78 Å². The lowest BCUT2D eigenvalue weighted by atomic mass is 9.87. The highest BCUT2D eigenvalue weighted by molar-refractivity contribution is 7.80. The van der Waals surface area contributed by atoms with Gasteiger partial charge in [-0.05, 0) is 48.7 Å². The number of aromatic hydroxyl groups is 1. The monoisotopic (exact) mass is 485 g/mol. The summed E-state index contributed by atoms with van der Waals surface area (Å²) in [5, 5.41) is 10.3. The van der Waals surface area contributed by atoms with Crippen molar-refractivity contribution in [3.63, 3.8) is 0 Å². The molecule has 1 N–H and O–H groups in total. The quantitative estimate of drug-likeness (QED) is 0.242. The molecule has 0 saturated heterocycles. The number of esters is 1. The van der Waals surface area contributed by atoms with Gasteiger partial charge in [0, 0.05) is 23.0 Å². The topological polar surface area (TPSA) is 68.7 Å². The SMILES string of the molecule is COc1ccnc(C(=S)C[C@@H](C)C(=O)O[C@H](C)C(c2ccc(F)cc2)c2ccc(F)cc2)c1O. The van der Waals surface area contributed by atoms with Gasteiger partial charge in [0.25, 0.3) is 0 Å². The van der Waals surface area contributed by atoms with Crippen LogP contribution >= 0.6 is 12.2 Å². The lowest BCUT2D eigenvalue weighted by Gasteiger charge is -2.26. The number of aromatic nitrogens is 1. The first kappa shape index (κ1) is 25.2. The van der Waals surface area contributed by atoms with E-state index in [0.29, 0.717) is 4.86 Å². The van der Waals surface area contributed by atoms with E-state index in [1.54, 1.807) is 38.1 Å². The number of carbonyl (C=O) groups is 1. The van der Waals surface area contributed by atoms with Crippen molar-refractivity contribution in [1.82, 2.24) is 4.98 Å². The minimum Gasteiger partial charge on any atom is -0.503 e. The molecule has 0 aliphatic rings. The Morgan fingerprint density at radius 3 is 2.03 bits per heavy atom. The Morgan fingerprint density at radius 1 is 1.00 bits per heavy atom. The second kappa shape index (κ2) is 11.2. The third kappa shape index (κ3) is 5.94. The van der Waals surface area contributed by atoms with E-state index < -0.39 is 23.9 Å². The normalized spacial score (nSPS) is 12.8. The van der Waals surface area contributed by atoms with Crippen molar-refractivity contribution in [3.05, 3.63) is 89.2 Å². The van der Waals surface area contributed by atoms with E-state index in [2.05, 4.69) is 4.98 Å². The molecule has 34 heavy (non-hydrogen) atoms. The highest BCUT2D eigenvalue weighted by Crippen LogP contribution is 2.32. The first-order chi connectivity index (χ1) is 16.2. The van der Waals surface area contributed by atoms with Gasteiger partial charge in [0.15, 0.2) is 11.5 Å². The molecule has 8 heteroatoms. The number of halogens is 2. The Hall–Kier alpha value is -3.39. The molecule has 2 aromatic carbocycles. The third-order valence-corrected chi connectivity index (χ3v) is 5.85. The minimum atomic E-state index is -0.636. The van der Waals surface area contributed by atoms with E-state index in [4.69, 9.17) is 21.7 Å². The van der Waals surface area contributed by atoms with E-state index in [-0.39, 0.29) is 35.2 Å². The van der Waals surface area contributed by atoms with Crippen LogP contribution in [0.25, 0.3) is 0 Å². The zero-order chi connectivity index (χ0) is 24.8. The highest BCUT2D eigenvalue weighted by atomic mass is 32.1. The van der Waals surface area contributed by atoms with Crippen LogP contribution in [-0.4, -0.2) is 34.1 Å². The molecule has 0 bridgehead atoms. The number of ether oxygens (including phenoxy) is 2. The smallest absolute Gasteiger partial charge is 0.309 e. The first-order valence-electron chi connectivity index (χ1n) is 10.7. The molecule has 1 heterocycles. The van der Waals surface area contributed by atoms with Crippen molar-refractivity contribution in [2.75, 3.05) is 7.11 Å². The maximum atomic E-state index is 13.5. The third-order valence-electron chi connectivity index (χ3n) is 5.49. The number of rotatable bonds is 9. The number of methoxy groups -OCH3 is 1. The molecule has 0 aliphatic carbocycles. The fourth-order valence-electron chi connectivity index (χ4n) is 3.71. The van der Waals surface area contributed by atoms with Crippen molar-refractivity contribution in [3.8, 4) is 11.5 Å². The van der Waals surface area contributed by atoms with Crippen LogP contribution in [-0.2, 0) is 9.53 Å². The molecule has 2 atom stereocenters. The average Bonchev–Trinajstić information content (AvgIpc) is 2.81. The molecule has 3 aromatic rings. The van der Waals surface area contributed by atoms with Gasteiger partial charge in [0.1, 0.15) is 23.4 Å². The van der Waals surface area contributed by atoms with Crippen LogP contribution in [0.3, 0.4) is 0 Å². The molecule has 0 unspecified atom stereocenters. The molecular weight excluding hydrogens is 460 g/mol. The molecular formula is C26H25F2NO4S. The van der Waals surface area contributed by atoms with Crippen molar-refractivity contribution in [2.24, 2.45) is 5.92 Å². The zero-order valence-electron chi connectivity index (χ0n) is 19.0. The summed E-state index contributed by atoms with van der Waals surface area (Å²) in [6.07, 6.45) is 0.955. The van der Waals surface area contributed by atoms with E-state index in [0.717, 1.165) is 11.1 Å². The summed E-state index contributed by atoms with van der Waals surface area (Å²) in [5.74, 6) is -2.27. The zero-order valence-corrected chi connectivity index (χ0v) is 19.8. The number of benzene rings is 2. The van der Waals surface area contributed by atoms with E-state index in [9.17, 15) is 18.7 Å². The molecule has 0 fully saturated rings. The molecule has 0 saturated carbocycles. The summed E-state index contributed by atoms with van der Waals surface area (Å²) in [7, 11) is 1.42. The summed E-state index contributed by atoms with van der Waals surface area (Å²) in [6, 6.07) is 13.3. The Kier molecular flexibility index (Phi) is 8.28. The second-order valence-corrected chi connectivity index (χ2v) is 8.45. The van der Waals surface area contributed by atoms with Gasteiger partial charge in [0.2, 0.25) is 0 Å². The Morgan fingerprint density at radius 2 is 1.53 bits per heavy atom. The molecule has 0 aliphatic heterocycles. The van der Waals surface area contributed by atoms with Gasteiger partial charge in [-0.2, -0.15) is 0 Å². The van der Waals surface area contributed by atoms with Crippen molar-refractivity contribution in [2.45, 2.75) is 32.3 Å². The predicted molar refractivity (Wildman–Crippen MR) is 128 cm³/mol. The average molecular weight is 486 g/mol. The lowest BCUT2D eigenvalue weighted by molar-refractivity contribution is -0.153. The van der Waals surface area contributed by atoms with Crippen LogP contribution in [0, 0.1) is 17.6 Å². The summed E-state index contributed by atoms with van der Waals surface area (Å²) in [6.45, 7) is 3.40.